The summed E-state index contributed by atoms with van der Waals surface area (Å²) < 4.78 is 5.69. The van der Waals surface area contributed by atoms with Crippen molar-refractivity contribution in [2.24, 2.45) is 0 Å². The number of carbonyl (C=O) groups excluding carboxylic acids is 1. The van der Waals surface area contributed by atoms with Gasteiger partial charge in [0.05, 0.1) is 10.9 Å². The number of alkyl halides is 1. The minimum absolute atomic E-state index is 0.344. The van der Waals surface area contributed by atoms with E-state index in [0.29, 0.717) is 10.6 Å². The van der Waals surface area contributed by atoms with Crippen molar-refractivity contribution >= 4 is 29.2 Å². The van der Waals surface area contributed by atoms with Crippen LogP contribution in [0.4, 0.5) is 0 Å². The molecule has 0 aliphatic carbocycles. The SMILES string of the molecule is CC(Cl)C1(c2ccc(Cl)cc2)OC(=O)c2ccccc21. The molecule has 0 saturated heterocycles. The lowest BCUT2D eigenvalue weighted by atomic mass is 9.83. The summed E-state index contributed by atoms with van der Waals surface area (Å²) in [5, 5.41) is 0.222. The second kappa shape index (κ2) is 4.80. The van der Waals surface area contributed by atoms with E-state index in [9.17, 15) is 4.79 Å². The van der Waals surface area contributed by atoms with Gasteiger partial charge >= 0.3 is 5.97 Å². The molecule has 2 unspecified atom stereocenters. The van der Waals surface area contributed by atoms with Crippen molar-refractivity contribution in [3.05, 3.63) is 70.2 Å². The number of ether oxygens (including phenoxy) is 1. The topological polar surface area (TPSA) is 26.3 Å². The highest BCUT2D eigenvalue weighted by Crippen LogP contribution is 2.46. The molecule has 2 nitrogen and oxygen atoms in total. The van der Waals surface area contributed by atoms with E-state index in [1.165, 1.54) is 0 Å². The van der Waals surface area contributed by atoms with Gasteiger partial charge in [-0.1, -0.05) is 41.9 Å². The average Bonchev–Trinajstić information content (AvgIpc) is 2.75. The van der Waals surface area contributed by atoms with Crippen LogP contribution in [0.2, 0.25) is 5.02 Å². The van der Waals surface area contributed by atoms with Gasteiger partial charge in [0.15, 0.2) is 5.60 Å². The van der Waals surface area contributed by atoms with Gasteiger partial charge in [0, 0.05) is 16.1 Å². The highest BCUT2D eigenvalue weighted by Gasteiger charge is 2.50. The molecule has 1 aliphatic heterocycles. The molecule has 4 heteroatoms. The van der Waals surface area contributed by atoms with Crippen LogP contribution in [0.1, 0.15) is 28.4 Å². The fraction of sp³-hybridized carbons (Fsp3) is 0.188. The normalized spacial score (nSPS) is 22.2. The molecule has 102 valence electrons. The van der Waals surface area contributed by atoms with E-state index < -0.39 is 11.0 Å². The van der Waals surface area contributed by atoms with Crippen molar-refractivity contribution in [2.45, 2.75) is 17.9 Å². The quantitative estimate of drug-likeness (QED) is 0.608. The van der Waals surface area contributed by atoms with Gasteiger partial charge < -0.3 is 4.74 Å². The Balaban J connectivity index is 2.26. The Kier molecular flexibility index (Phi) is 3.23. The van der Waals surface area contributed by atoms with E-state index in [0.717, 1.165) is 11.1 Å². The molecule has 3 rings (SSSR count). The van der Waals surface area contributed by atoms with Gasteiger partial charge in [0.2, 0.25) is 0 Å². The summed E-state index contributed by atoms with van der Waals surface area (Å²) in [6, 6.07) is 14.6. The summed E-state index contributed by atoms with van der Waals surface area (Å²) >= 11 is 12.3. The number of esters is 1. The smallest absolute Gasteiger partial charge is 0.339 e. The molecular formula is C16H12Cl2O2. The molecule has 0 spiro atoms. The number of carbonyl (C=O) groups is 1. The van der Waals surface area contributed by atoms with E-state index in [4.69, 9.17) is 27.9 Å². The lowest BCUT2D eigenvalue weighted by Crippen LogP contribution is -2.36. The molecule has 0 fully saturated rings. The Morgan fingerprint density at radius 2 is 1.75 bits per heavy atom. The van der Waals surface area contributed by atoms with Crippen molar-refractivity contribution < 1.29 is 9.53 Å². The van der Waals surface area contributed by atoms with Crippen LogP contribution in [-0.4, -0.2) is 11.3 Å². The minimum atomic E-state index is -0.959. The molecule has 0 saturated carbocycles. The Morgan fingerprint density at radius 1 is 1.10 bits per heavy atom. The zero-order valence-corrected chi connectivity index (χ0v) is 12.3. The Labute approximate surface area is 127 Å². The molecule has 2 aromatic rings. The Morgan fingerprint density at radius 3 is 2.40 bits per heavy atom. The number of halogens is 2. The van der Waals surface area contributed by atoms with Gasteiger partial charge in [-0.05, 0) is 25.1 Å². The third kappa shape index (κ3) is 1.83. The molecule has 0 radical (unpaired) electrons. The highest BCUT2D eigenvalue weighted by molar-refractivity contribution is 6.30. The maximum absolute atomic E-state index is 12.1. The van der Waals surface area contributed by atoms with Gasteiger partial charge in [-0.3, -0.25) is 0 Å². The van der Waals surface area contributed by atoms with E-state index in [2.05, 4.69) is 0 Å². The van der Waals surface area contributed by atoms with Crippen LogP contribution >= 0.6 is 23.2 Å². The molecule has 1 heterocycles. The third-order valence-corrected chi connectivity index (χ3v) is 4.19. The first-order valence-corrected chi connectivity index (χ1v) is 7.10. The van der Waals surface area contributed by atoms with Gasteiger partial charge in [0.25, 0.3) is 0 Å². The van der Waals surface area contributed by atoms with Crippen LogP contribution in [-0.2, 0) is 10.3 Å². The molecule has 0 aromatic heterocycles. The first-order chi connectivity index (χ1) is 9.55. The van der Waals surface area contributed by atoms with E-state index >= 15 is 0 Å². The summed E-state index contributed by atoms with van der Waals surface area (Å²) in [6.45, 7) is 1.82. The van der Waals surface area contributed by atoms with Gasteiger partial charge in [0.1, 0.15) is 0 Å². The Bertz CT molecular complexity index is 664. The van der Waals surface area contributed by atoms with Gasteiger partial charge in [-0.25, -0.2) is 4.79 Å². The van der Waals surface area contributed by atoms with Gasteiger partial charge in [-0.15, -0.1) is 11.6 Å². The van der Waals surface area contributed by atoms with Crippen LogP contribution in [0.15, 0.2) is 48.5 Å². The fourth-order valence-electron chi connectivity index (χ4n) is 2.68. The van der Waals surface area contributed by atoms with Crippen LogP contribution in [0.25, 0.3) is 0 Å². The number of rotatable bonds is 2. The van der Waals surface area contributed by atoms with Crippen molar-refractivity contribution in [3.63, 3.8) is 0 Å². The molecule has 2 aromatic carbocycles. The lowest BCUT2D eigenvalue weighted by Gasteiger charge is -2.32. The second-order valence-electron chi connectivity index (χ2n) is 4.79. The molecule has 2 atom stereocenters. The average molecular weight is 307 g/mol. The zero-order valence-electron chi connectivity index (χ0n) is 10.8. The standard InChI is InChI=1S/C16H12Cl2O2/c1-10(17)16(11-6-8-12(18)9-7-11)14-5-3-2-4-13(14)15(19)20-16/h2-10H,1H3. The lowest BCUT2D eigenvalue weighted by molar-refractivity contribution is 0.0107. The zero-order chi connectivity index (χ0) is 14.3. The third-order valence-electron chi connectivity index (χ3n) is 3.63. The summed E-state index contributed by atoms with van der Waals surface area (Å²) in [5.41, 5.74) is 1.23. The van der Waals surface area contributed by atoms with Crippen molar-refractivity contribution in [1.82, 2.24) is 0 Å². The molecule has 1 aliphatic rings. The van der Waals surface area contributed by atoms with Crippen molar-refractivity contribution in [1.29, 1.82) is 0 Å². The predicted molar refractivity (Wildman–Crippen MR) is 79.4 cm³/mol. The highest BCUT2D eigenvalue weighted by atomic mass is 35.5. The number of hydrogen-bond donors (Lipinski definition) is 0. The molecule has 20 heavy (non-hydrogen) atoms. The predicted octanol–water partition coefficient (Wildman–Crippen LogP) is 4.38. The van der Waals surface area contributed by atoms with Crippen molar-refractivity contribution in [3.8, 4) is 0 Å². The summed E-state index contributed by atoms with van der Waals surface area (Å²) in [7, 11) is 0. The van der Waals surface area contributed by atoms with E-state index in [1.807, 2.05) is 37.3 Å². The number of cyclic esters (lactones) is 1. The summed E-state index contributed by atoms with van der Waals surface area (Å²) in [5.74, 6) is -0.344. The number of fused-ring (bicyclic) bond motifs is 1. The van der Waals surface area contributed by atoms with Crippen molar-refractivity contribution in [2.75, 3.05) is 0 Å². The maximum atomic E-state index is 12.1. The molecule has 0 bridgehead atoms. The van der Waals surface area contributed by atoms with Crippen LogP contribution in [0.3, 0.4) is 0 Å². The van der Waals surface area contributed by atoms with Crippen LogP contribution in [0, 0.1) is 0 Å². The molecular weight excluding hydrogens is 295 g/mol. The summed E-state index contributed by atoms with van der Waals surface area (Å²) in [4.78, 5) is 12.1. The summed E-state index contributed by atoms with van der Waals surface area (Å²) in [6.07, 6.45) is 0. The van der Waals surface area contributed by atoms with Crippen LogP contribution < -0.4 is 0 Å². The fourth-order valence-corrected chi connectivity index (χ4v) is 3.09. The van der Waals surface area contributed by atoms with E-state index in [1.54, 1.807) is 18.2 Å². The first-order valence-electron chi connectivity index (χ1n) is 6.28. The maximum Gasteiger partial charge on any atom is 0.339 e. The number of benzene rings is 2. The largest absolute Gasteiger partial charge is 0.444 e. The monoisotopic (exact) mass is 306 g/mol. The van der Waals surface area contributed by atoms with E-state index in [-0.39, 0.29) is 5.97 Å². The second-order valence-corrected chi connectivity index (χ2v) is 5.88. The van der Waals surface area contributed by atoms with Gasteiger partial charge in [-0.2, -0.15) is 0 Å². The molecule has 0 amide bonds. The molecule has 0 N–H and O–H groups in total. The first kappa shape index (κ1) is 13.5. The van der Waals surface area contributed by atoms with Crippen LogP contribution in [0.5, 0.6) is 0 Å². The number of hydrogen-bond acceptors (Lipinski definition) is 2. The Hall–Kier alpha value is -1.51. The minimum Gasteiger partial charge on any atom is -0.444 e.